The molecular weight excluding hydrogens is 169 g/mol. The third kappa shape index (κ3) is 2.54. The minimum absolute atomic E-state index is 0.0605. The Labute approximate surface area is 76.8 Å². The summed E-state index contributed by atoms with van der Waals surface area (Å²) >= 11 is 0. The number of aryl methyl sites for hydroxylation is 1. The highest BCUT2D eigenvalue weighted by molar-refractivity contribution is 5.78. The molecule has 1 rings (SSSR count). The fourth-order valence-corrected chi connectivity index (χ4v) is 1.12. The largest absolute Gasteiger partial charge is 0.359 e. The first-order valence-corrected chi connectivity index (χ1v) is 4.09. The van der Waals surface area contributed by atoms with Crippen molar-refractivity contribution in [3.05, 3.63) is 35.1 Å². The lowest BCUT2D eigenvalue weighted by atomic mass is 10.1. The van der Waals surface area contributed by atoms with Crippen molar-refractivity contribution in [2.75, 3.05) is 7.05 Å². The highest BCUT2D eigenvalue weighted by Gasteiger charge is 2.04. The van der Waals surface area contributed by atoms with Crippen molar-refractivity contribution in [3.63, 3.8) is 0 Å². The SMILES string of the molecule is CNC(=O)Cc1ccc(F)cc1C. The average Bonchev–Trinajstić information content (AvgIpc) is 2.09. The molecule has 3 heteroatoms. The highest BCUT2D eigenvalue weighted by Crippen LogP contribution is 2.10. The molecule has 0 atom stereocenters. The molecular formula is C10H12FNO. The standard InChI is InChI=1S/C10H12FNO/c1-7-5-9(11)4-3-8(7)6-10(13)12-2/h3-5H,6H2,1-2H3,(H,12,13). The van der Waals surface area contributed by atoms with E-state index in [2.05, 4.69) is 5.32 Å². The summed E-state index contributed by atoms with van der Waals surface area (Å²) in [4.78, 5) is 11.0. The highest BCUT2D eigenvalue weighted by atomic mass is 19.1. The number of carbonyl (C=O) groups excluding carboxylic acids is 1. The smallest absolute Gasteiger partial charge is 0.224 e. The number of benzene rings is 1. The molecule has 2 nitrogen and oxygen atoms in total. The normalized spacial score (nSPS) is 9.77. The van der Waals surface area contributed by atoms with E-state index in [1.807, 2.05) is 0 Å². The van der Waals surface area contributed by atoms with Gasteiger partial charge >= 0.3 is 0 Å². The van der Waals surface area contributed by atoms with Crippen molar-refractivity contribution in [1.82, 2.24) is 5.32 Å². The average molecular weight is 181 g/mol. The Kier molecular flexibility index (Phi) is 3.01. The number of hydrogen-bond donors (Lipinski definition) is 1. The van der Waals surface area contributed by atoms with Gasteiger partial charge in [-0.15, -0.1) is 0 Å². The second-order valence-corrected chi connectivity index (χ2v) is 2.92. The zero-order valence-electron chi connectivity index (χ0n) is 7.73. The van der Waals surface area contributed by atoms with Gasteiger partial charge in [-0.05, 0) is 30.2 Å². The van der Waals surface area contributed by atoms with Crippen LogP contribution in [0.2, 0.25) is 0 Å². The molecule has 0 aromatic heterocycles. The van der Waals surface area contributed by atoms with Gasteiger partial charge in [-0.25, -0.2) is 4.39 Å². The Bertz CT molecular complexity index is 323. The molecule has 1 aromatic rings. The fourth-order valence-electron chi connectivity index (χ4n) is 1.12. The first-order chi connectivity index (χ1) is 6.13. The molecule has 0 aliphatic carbocycles. The maximum Gasteiger partial charge on any atom is 0.224 e. The second-order valence-electron chi connectivity index (χ2n) is 2.92. The van der Waals surface area contributed by atoms with Gasteiger partial charge in [0.2, 0.25) is 5.91 Å². The van der Waals surface area contributed by atoms with Crippen LogP contribution in [0, 0.1) is 12.7 Å². The van der Waals surface area contributed by atoms with E-state index >= 15 is 0 Å². The van der Waals surface area contributed by atoms with Gasteiger partial charge in [0.15, 0.2) is 0 Å². The van der Waals surface area contributed by atoms with E-state index in [-0.39, 0.29) is 11.7 Å². The van der Waals surface area contributed by atoms with Crippen LogP contribution < -0.4 is 5.32 Å². The molecule has 0 saturated carbocycles. The molecule has 0 fully saturated rings. The van der Waals surface area contributed by atoms with Gasteiger partial charge in [-0.2, -0.15) is 0 Å². The lowest BCUT2D eigenvalue weighted by Crippen LogP contribution is -2.20. The summed E-state index contributed by atoms with van der Waals surface area (Å²) in [5.41, 5.74) is 1.67. The molecule has 0 saturated heterocycles. The van der Waals surface area contributed by atoms with Gasteiger partial charge in [-0.1, -0.05) is 6.07 Å². The van der Waals surface area contributed by atoms with E-state index in [9.17, 15) is 9.18 Å². The molecule has 0 radical (unpaired) electrons. The predicted octanol–water partition coefficient (Wildman–Crippen LogP) is 1.42. The Morgan fingerprint density at radius 1 is 1.54 bits per heavy atom. The van der Waals surface area contributed by atoms with Crippen LogP contribution in [0.25, 0.3) is 0 Å². The summed E-state index contributed by atoms with van der Waals surface area (Å²) in [6.07, 6.45) is 0.308. The molecule has 0 spiro atoms. The molecule has 0 unspecified atom stereocenters. The van der Waals surface area contributed by atoms with Crippen LogP contribution in [0.4, 0.5) is 4.39 Å². The van der Waals surface area contributed by atoms with E-state index in [4.69, 9.17) is 0 Å². The van der Waals surface area contributed by atoms with Gasteiger partial charge in [0.25, 0.3) is 0 Å². The third-order valence-electron chi connectivity index (χ3n) is 1.93. The zero-order valence-corrected chi connectivity index (χ0v) is 7.73. The van der Waals surface area contributed by atoms with Gasteiger partial charge in [0.05, 0.1) is 6.42 Å². The van der Waals surface area contributed by atoms with Crippen LogP contribution in [0.15, 0.2) is 18.2 Å². The van der Waals surface area contributed by atoms with Crippen LogP contribution in [0.1, 0.15) is 11.1 Å². The van der Waals surface area contributed by atoms with Crippen LogP contribution in [0.5, 0.6) is 0 Å². The van der Waals surface area contributed by atoms with Crippen LogP contribution in [0.3, 0.4) is 0 Å². The molecule has 1 amide bonds. The fraction of sp³-hybridized carbons (Fsp3) is 0.300. The van der Waals surface area contributed by atoms with E-state index in [0.717, 1.165) is 11.1 Å². The summed E-state index contributed by atoms with van der Waals surface area (Å²) in [6.45, 7) is 1.79. The van der Waals surface area contributed by atoms with Crippen molar-refractivity contribution >= 4 is 5.91 Å². The van der Waals surface area contributed by atoms with Gasteiger partial charge < -0.3 is 5.32 Å². The molecule has 0 aliphatic rings. The van der Waals surface area contributed by atoms with Gasteiger partial charge in [-0.3, -0.25) is 4.79 Å². The lowest BCUT2D eigenvalue weighted by molar-refractivity contribution is -0.119. The number of nitrogens with one attached hydrogen (secondary N) is 1. The van der Waals surface area contributed by atoms with Crippen molar-refractivity contribution in [3.8, 4) is 0 Å². The molecule has 1 N–H and O–H groups in total. The minimum atomic E-state index is -0.266. The van der Waals surface area contributed by atoms with Crippen molar-refractivity contribution in [2.24, 2.45) is 0 Å². The summed E-state index contributed by atoms with van der Waals surface area (Å²) in [5, 5.41) is 2.52. The Hall–Kier alpha value is -1.38. The van der Waals surface area contributed by atoms with Crippen molar-refractivity contribution < 1.29 is 9.18 Å². The number of rotatable bonds is 2. The lowest BCUT2D eigenvalue weighted by Gasteiger charge is -2.04. The molecule has 0 heterocycles. The Balaban J connectivity index is 2.83. The molecule has 13 heavy (non-hydrogen) atoms. The minimum Gasteiger partial charge on any atom is -0.359 e. The summed E-state index contributed by atoms with van der Waals surface area (Å²) in [5.74, 6) is -0.326. The number of halogens is 1. The molecule has 0 aliphatic heterocycles. The van der Waals surface area contributed by atoms with E-state index in [0.29, 0.717) is 6.42 Å². The summed E-state index contributed by atoms with van der Waals surface area (Å²) in [7, 11) is 1.58. The van der Waals surface area contributed by atoms with Gasteiger partial charge in [0, 0.05) is 7.05 Å². The van der Waals surface area contributed by atoms with E-state index in [1.165, 1.54) is 12.1 Å². The van der Waals surface area contributed by atoms with Crippen LogP contribution in [-0.2, 0) is 11.2 Å². The van der Waals surface area contributed by atoms with Crippen LogP contribution in [-0.4, -0.2) is 13.0 Å². The zero-order chi connectivity index (χ0) is 9.84. The van der Waals surface area contributed by atoms with Crippen molar-refractivity contribution in [2.45, 2.75) is 13.3 Å². The number of likely N-dealkylation sites (N-methyl/N-ethyl adjacent to an activating group) is 1. The Morgan fingerprint density at radius 3 is 2.77 bits per heavy atom. The maximum absolute atomic E-state index is 12.7. The van der Waals surface area contributed by atoms with Crippen molar-refractivity contribution in [1.29, 1.82) is 0 Å². The number of carbonyl (C=O) groups is 1. The topological polar surface area (TPSA) is 29.1 Å². The third-order valence-corrected chi connectivity index (χ3v) is 1.93. The summed E-state index contributed by atoms with van der Waals surface area (Å²) < 4.78 is 12.7. The first kappa shape index (κ1) is 9.71. The molecule has 1 aromatic carbocycles. The monoisotopic (exact) mass is 181 g/mol. The van der Waals surface area contributed by atoms with E-state index < -0.39 is 0 Å². The summed E-state index contributed by atoms with van der Waals surface area (Å²) in [6, 6.07) is 4.43. The first-order valence-electron chi connectivity index (χ1n) is 4.09. The maximum atomic E-state index is 12.7. The molecule has 70 valence electrons. The second kappa shape index (κ2) is 4.03. The van der Waals surface area contributed by atoms with Crippen LogP contribution >= 0.6 is 0 Å². The van der Waals surface area contributed by atoms with Gasteiger partial charge in [0.1, 0.15) is 5.82 Å². The number of hydrogen-bond acceptors (Lipinski definition) is 1. The molecule has 0 bridgehead atoms. The number of amides is 1. The Morgan fingerprint density at radius 2 is 2.23 bits per heavy atom. The predicted molar refractivity (Wildman–Crippen MR) is 48.9 cm³/mol. The van der Waals surface area contributed by atoms with E-state index in [1.54, 1.807) is 20.0 Å². The quantitative estimate of drug-likeness (QED) is 0.734.